The molecule has 1 N–H and O–H groups in total. The fraction of sp³-hybridized carbons (Fsp3) is 0. The zero-order chi connectivity index (χ0) is 12.4. The van der Waals surface area contributed by atoms with E-state index in [4.69, 9.17) is 4.74 Å². The van der Waals surface area contributed by atoms with Crippen molar-refractivity contribution in [2.45, 2.75) is 4.90 Å². The molecule has 1 aromatic heterocycles. The van der Waals surface area contributed by atoms with E-state index >= 15 is 0 Å². The molecule has 18 heavy (non-hydrogen) atoms. The number of hydrogen-bond donors (Lipinski definition) is 1. The first-order chi connectivity index (χ1) is 8.83. The van der Waals surface area contributed by atoms with Crippen LogP contribution in [0.1, 0.15) is 9.67 Å². The standard InChI is InChI=1S/C12H8N2O2S2/c15-12(10-2-1-5-17-10)16-8-3-4-9-11(6-8)18-14-7-13-9/h1-7H,(H,13,14). The number of aliphatic imine (C=N–C) groups is 1. The van der Waals surface area contributed by atoms with Crippen LogP contribution in [0.2, 0.25) is 0 Å². The Hall–Kier alpha value is -1.79. The highest BCUT2D eigenvalue weighted by atomic mass is 32.2. The number of benzene rings is 1. The summed E-state index contributed by atoms with van der Waals surface area (Å²) < 4.78 is 8.24. The van der Waals surface area contributed by atoms with Crippen LogP contribution in [-0.2, 0) is 0 Å². The van der Waals surface area contributed by atoms with E-state index < -0.39 is 0 Å². The van der Waals surface area contributed by atoms with Crippen molar-refractivity contribution < 1.29 is 9.53 Å². The third kappa shape index (κ3) is 2.25. The van der Waals surface area contributed by atoms with E-state index in [-0.39, 0.29) is 5.97 Å². The largest absolute Gasteiger partial charge is 0.422 e. The maximum Gasteiger partial charge on any atom is 0.353 e. The molecule has 4 nitrogen and oxygen atoms in total. The Kier molecular flexibility index (Phi) is 3.04. The third-order valence-electron chi connectivity index (χ3n) is 2.29. The molecule has 0 aliphatic carbocycles. The molecule has 0 saturated heterocycles. The predicted octanol–water partition coefficient (Wildman–Crippen LogP) is 3.24. The number of nitrogens with zero attached hydrogens (tertiary/aromatic N) is 1. The van der Waals surface area contributed by atoms with Gasteiger partial charge in [-0.1, -0.05) is 6.07 Å². The number of carbonyl (C=O) groups excluding carboxylic acids is 1. The molecule has 0 spiro atoms. The number of thiophene rings is 1. The molecule has 0 bridgehead atoms. The first-order valence-electron chi connectivity index (χ1n) is 5.17. The molecule has 0 fully saturated rings. The predicted molar refractivity (Wildman–Crippen MR) is 72.9 cm³/mol. The number of hydrogen-bond acceptors (Lipinski definition) is 6. The number of ether oxygens (including phenoxy) is 1. The van der Waals surface area contributed by atoms with Crippen molar-refractivity contribution in [3.8, 4) is 5.75 Å². The summed E-state index contributed by atoms with van der Waals surface area (Å²) in [6.45, 7) is 0. The van der Waals surface area contributed by atoms with E-state index in [2.05, 4.69) is 9.71 Å². The number of esters is 1. The number of nitrogens with one attached hydrogen (secondary N) is 1. The fourth-order valence-electron chi connectivity index (χ4n) is 1.48. The average molecular weight is 276 g/mol. The first kappa shape index (κ1) is 11.3. The molecule has 0 atom stereocenters. The van der Waals surface area contributed by atoms with Gasteiger partial charge in [0.05, 0.1) is 16.9 Å². The minimum atomic E-state index is -0.331. The van der Waals surface area contributed by atoms with E-state index in [0.717, 1.165) is 10.6 Å². The maximum atomic E-state index is 11.8. The van der Waals surface area contributed by atoms with Crippen LogP contribution in [0.4, 0.5) is 5.69 Å². The van der Waals surface area contributed by atoms with Crippen LogP contribution in [0.3, 0.4) is 0 Å². The second-order valence-corrected chi connectivity index (χ2v) is 5.30. The highest BCUT2D eigenvalue weighted by Gasteiger charge is 2.12. The molecule has 2 aromatic rings. The number of carbonyl (C=O) groups is 1. The zero-order valence-corrected chi connectivity index (χ0v) is 10.8. The molecule has 90 valence electrons. The van der Waals surface area contributed by atoms with Gasteiger partial charge in [0.2, 0.25) is 0 Å². The molecule has 0 radical (unpaired) electrons. The lowest BCUT2D eigenvalue weighted by Crippen LogP contribution is -2.07. The molecule has 3 rings (SSSR count). The van der Waals surface area contributed by atoms with E-state index in [9.17, 15) is 4.79 Å². The van der Waals surface area contributed by atoms with Crippen molar-refractivity contribution in [3.05, 3.63) is 40.6 Å². The Labute approximate surface area is 112 Å². The average Bonchev–Trinajstić information content (AvgIpc) is 2.92. The SMILES string of the molecule is O=C(Oc1ccc2c(c1)SNC=N2)c1cccs1. The van der Waals surface area contributed by atoms with Gasteiger partial charge in [-0.15, -0.1) is 11.3 Å². The van der Waals surface area contributed by atoms with Gasteiger partial charge >= 0.3 is 5.97 Å². The molecule has 2 heterocycles. The Balaban J connectivity index is 1.81. The van der Waals surface area contributed by atoms with Gasteiger partial charge in [0.15, 0.2) is 0 Å². The fourth-order valence-corrected chi connectivity index (χ4v) is 2.72. The number of fused-ring (bicyclic) bond motifs is 1. The Morgan fingerprint density at radius 1 is 1.33 bits per heavy atom. The second-order valence-electron chi connectivity index (χ2n) is 3.47. The lowest BCUT2D eigenvalue weighted by Gasteiger charge is -2.11. The smallest absolute Gasteiger partial charge is 0.353 e. The van der Waals surface area contributed by atoms with Crippen molar-refractivity contribution in [2.75, 3.05) is 0 Å². The molecular weight excluding hydrogens is 268 g/mol. The van der Waals surface area contributed by atoms with E-state index in [1.807, 2.05) is 17.5 Å². The van der Waals surface area contributed by atoms with E-state index in [0.29, 0.717) is 10.6 Å². The molecule has 1 aromatic carbocycles. The van der Waals surface area contributed by atoms with Gasteiger partial charge in [-0.25, -0.2) is 9.79 Å². The summed E-state index contributed by atoms with van der Waals surface area (Å²) in [5.41, 5.74) is 0.870. The number of rotatable bonds is 2. The third-order valence-corrected chi connectivity index (χ3v) is 3.91. The molecular formula is C12H8N2O2S2. The zero-order valence-electron chi connectivity index (χ0n) is 9.12. The minimum absolute atomic E-state index is 0.331. The van der Waals surface area contributed by atoms with Crippen LogP contribution < -0.4 is 9.46 Å². The molecule has 6 heteroatoms. The molecule has 0 amide bonds. The summed E-state index contributed by atoms with van der Waals surface area (Å²) in [7, 11) is 0. The van der Waals surface area contributed by atoms with Crippen LogP contribution in [0.5, 0.6) is 5.75 Å². The summed E-state index contributed by atoms with van der Waals surface area (Å²) in [4.78, 5) is 17.5. The van der Waals surface area contributed by atoms with Gasteiger partial charge in [0.25, 0.3) is 0 Å². The van der Waals surface area contributed by atoms with Crippen molar-refractivity contribution >= 4 is 41.3 Å². The van der Waals surface area contributed by atoms with Crippen molar-refractivity contribution in [3.63, 3.8) is 0 Å². The lowest BCUT2D eigenvalue weighted by atomic mass is 10.3. The highest BCUT2D eigenvalue weighted by Crippen LogP contribution is 2.33. The van der Waals surface area contributed by atoms with Crippen LogP contribution in [0.15, 0.2) is 45.6 Å². The van der Waals surface area contributed by atoms with Crippen LogP contribution in [-0.4, -0.2) is 12.3 Å². The van der Waals surface area contributed by atoms with Crippen molar-refractivity contribution in [1.82, 2.24) is 4.72 Å². The highest BCUT2D eigenvalue weighted by molar-refractivity contribution is 7.98. The van der Waals surface area contributed by atoms with Crippen LogP contribution in [0.25, 0.3) is 0 Å². The quantitative estimate of drug-likeness (QED) is 0.520. The first-order valence-corrected chi connectivity index (χ1v) is 6.87. The van der Waals surface area contributed by atoms with Gasteiger partial charge in [-0.2, -0.15) is 0 Å². The summed E-state index contributed by atoms with van der Waals surface area (Å²) in [6, 6.07) is 8.94. The van der Waals surface area contributed by atoms with Crippen molar-refractivity contribution in [1.29, 1.82) is 0 Å². The Morgan fingerprint density at radius 3 is 3.11 bits per heavy atom. The second kappa shape index (κ2) is 4.83. The van der Waals surface area contributed by atoms with Gasteiger partial charge in [0.1, 0.15) is 10.6 Å². The van der Waals surface area contributed by atoms with Crippen LogP contribution >= 0.6 is 23.3 Å². The van der Waals surface area contributed by atoms with Gasteiger partial charge < -0.3 is 9.46 Å². The van der Waals surface area contributed by atoms with Gasteiger partial charge in [-0.05, 0) is 41.6 Å². The van der Waals surface area contributed by atoms with Gasteiger partial charge in [0, 0.05) is 0 Å². The molecule has 0 saturated carbocycles. The van der Waals surface area contributed by atoms with Gasteiger partial charge in [-0.3, -0.25) is 0 Å². The normalized spacial score (nSPS) is 12.7. The molecule has 0 unspecified atom stereocenters. The lowest BCUT2D eigenvalue weighted by molar-refractivity contribution is 0.0739. The maximum absolute atomic E-state index is 11.8. The monoisotopic (exact) mass is 276 g/mol. The topological polar surface area (TPSA) is 50.7 Å². The van der Waals surface area contributed by atoms with E-state index in [1.165, 1.54) is 23.3 Å². The van der Waals surface area contributed by atoms with Crippen LogP contribution in [0, 0.1) is 0 Å². The summed E-state index contributed by atoms with van der Waals surface area (Å²) in [5.74, 6) is 0.195. The Bertz CT molecular complexity index is 609. The Morgan fingerprint density at radius 2 is 2.28 bits per heavy atom. The minimum Gasteiger partial charge on any atom is -0.422 e. The summed E-state index contributed by atoms with van der Waals surface area (Å²) in [5, 5.41) is 1.85. The van der Waals surface area contributed by atoms with E-state index in [1.54, 1.807) is 24.5 Å². The molecule has 1 aliphatic heterocycles. The summed E-state index contributed by atoms with van der Waals surface area (Å²) in [6.07, 6.45) is 1.63. The summed E-state index contributed by atoms with van der Waals surface area (Å²) >= 11 is 2.80. The van der Waals surface area contributed by atoms with Crippen molar-refractivity contribution in [2.24, 2.45) is 4.99 Å². The molecule has 1 aliphatic rings.